The highest BCUT2D eigenvalue weighted by molar-refractivity contribution is 4.69. The van der Waals surface area contributed by atoms with Crippen LogP contribution in [0.15, 0.2) is 0 Å². The summed E-state index contributed by atoms with van der Waals surface area (Å²) in [5.74, 6) is 0.641. The Labute approximate surface area is 64.4 Å². The minimum absolute atomic E-state index is 0.333. The van der Waals surface area contributed by atoms with Gasteiger partial charge in [-0.3, -0.25) is 0 Å². The van der Waals surface area contributed by atoms with Gasteiger partial charge in [-0.1, -0.05) is 20.3 Å². The Kier molecular flexibility index (Phi) is 4.65. The lowest BCUT2D eigenvalue weighted by Crippen LogP contribution is -2.38. The topological polar surface area (TPSA) is 29.3 Å². The molecule has 2 N–H and O–H groups in total. The van der Waals surface area contributed by atoms with E-state index in [2.05, 4.69) is 32.8 Å². The van der Waals surface area contributed by atoms with Crippen molar-refractivity contribution in [1.29, 1.82) is 0 Å². The Bertz CT molecular complexity index is 81.3. The van der Waals surface area contributed by atoms with E-state index in [9.17, 15) is 0 Å². The van der Waals surface area contributed by atoms with E-state index in [1.807, 2.05) is 0 Å². The van der Waals surface area contributed by atoms with Crippen molar-refractivity contribution in [3.63, 3.8) is 0 Å². The van der Waals surface area contributed by atoms with Crippen LogP contribution in [0, 0.1) is 5.92 Å². The van der Waals surface area contributed by atoms with Gasteiger partial charge in [0.2, 0.25) is 0 Å². The van der Waals surface area contributed by atoms with Crippen LogP contribution in [-0.2, 0) is 0 Å². The van der Waals surface area contributed by atoms with Gasteiger partial charge in [0.15, 0.2) is 0 Å². The molecule has 2 heteroatoms. The Balaban J connectivity index is 3.50. The third-order valence-electron chi connectivity index (χ3n) is 1.95. The van der Waals surface area contributed by atoms with E-state index in [0.29, 0.717) is 12.0 Å². The number of nitrogens with zero attached hydrogens (tertiary/aromatic N) is 1. The van der Waals surface area contributed by atoms with Gasteiger partial charge in [-0.2, -0.15) is 0 Å². The van der Waals surface area contributed by atoms with E-state index < -0.39 is 0 Å². The highest BCUT2D eigenvalue weighted by Crippen LogP contribution is 2.04. The van der Waals surface area contributed by atoms with Crippen LogP contribution in [0.5, 0.6) is 0 Å². The summed E-state index contributed by atoms with van der Waals surface area (Å²) >= 11 is 0. The van der Waals surface area contributed by atoms with Crippen LogP contribution in [0.25, 0.3) is 0 Å². The van der Waals surface area contributed by atoms with E-state index in [4.69, 9.17) is 5.73 Å². The second-order valence-electron chi connectivity index (χ2n) is 3.31. The predicted octanol–water partition coefficient (Wildman–Crippen LogP) is 0.921. The quantitative estimate of drug-likeness (QED) is 0.636. The number of hydrogen-bond acceptors (Lipinski definition) is 2. The average Bonchev–Trinajstić information content (AvgIpc) is 1.85. The molecule has 0 amide bonds. The van der Waals surface area contributed by atoms with Crippen LogP contribution < -0.4 is 5.73 Å². The molecule has 0 aliphatic heterocycles. The standard InChI is InChI=1S/C8H20N2/c1-5-7(2)8(9)6-10(3)4/h7-8H,5-6,9H2,1-4H3/t7-,8-/m1/s1. The zero-order chi connectivity index (χ0) is 8.15. The Morgan fingerprint density at radius 2 is 1.90 bits per heavy atom. The monoisotopic (exact) mass is 144 g/mol. The summed E-state index contributed by atoms with van der Waals surface area (Å²) in [4.78, 5) is 2.14. The molecule has 0 aliphatic rings. The SMILES string of the molecule is CC[C@@H](C)[C@H](N)CN(C)C. The zero-order valence-corrected chi connectivity index (χ0v) is 7.59. The summed E-state index contributed by atoms with van der Waals surface area (Å²) in [6, 6.07) is 0.333. The number of hydrogen-bond donors (Lipinski definition) is 1. The molecule has 0 aromatic rings. The van der Waals surface area contributed by atoms with Gasteiger partial charge in [-0.25, -0.2) is 0 Å². The Morgan fingerprint density at radius 1 is 1.40 bits per heavy atom. The molecule has 0 aromatic carbocycles. The van der Waals surface area contributed by atoms with Crippen molar-refractivity contribution in [3.05, 3.63) is 0 Å². The lowest BCUT2D eigenvalue weighted by atomic mass is 10.00. The maximum absolute atomic E-state index is 5.89. The highest BCUT2D eigenvalue weighted by Gasteiger charge is 2.10. The number of rotatable bonds is 4. The van der Waals surface area contributed by atoms with Gasteiger partial charge in [0.25, 0.3) is 0 Å². The maximum atomic E-state index is 5.89. The van der Waals surface area contributed by atoms with E-state index in [1.54, 1.807) is 0 Å². The van der Waals surface area contributed by atoms with Crippen LogP contribution in [0.1, 0.15) is 20.3 Å². The average molecular weight is 144 g/mol. The van der Waals surface area contributed by atoms with E-state index in [-0.39, 0.29) is 0 Å². The van der Waals surface area contributed by atoms with Crippen molar-refractivity contribution in [3.8, 4) is 0 Å². The van der Waals surface area contributed by atoms with Gasteiger partial charge in [-0.05, 0) is 20.0 Å². The molecule has 0 aromatic heterocycles. The Hall–Kier alpha value is -0.0800. The molecule has 0 radical (unpaired) electrons. The van der Waals surface area contributed by atoms with E-state index in [0.717, 1.165) is 6.54 Å². The lowest BCUT2D eigenvalue weighted by Gasteiger charge is -2.21. The third-order valence-corrected chi connectivity index (χ3v) is 1.95. The molecule has 2 atom stereocenters. The maximum Gasteiger partial charge on any atom is 0.0193 e. The van der Waals surface area contributed by atoms with Crippen molar-refractivity contribution >= 4 is 0 Å². The van der Waals surface area contributed by atoms with Crippen molar-refractivity contribution < 1.29 is 0 Å². The first-order chi connectivity index (χ1) is 4.57. The van der Waals surface area contributed by atoms with Crippen LogP contribution in [0.3, 0.4) is 0 Å². The molecular weight excluding hydrogens is 124 g/mol. The molecular formula is C8H20N2. The van der Waals surface area contributed by atoms with Crippen LogP contribution in [-0.4, -0.2) is 31.6 Å². The zero-order valence-electron chi connectivity index (χ0n) is 7.59. The van der Waals surface area contributed by atoms with E-state index >= 15 is 0 Å². The predicted molar refractivity (Wildman–Crippen MR) is 46.0 cm³/mol. The minimum Gasteiger partial charge on any atom is -0.326 e. The second-order valence-corrected chi connectivity index (χ2v) is 3.31. The number of nitrogens with two attached hydrogens (primary N) is 1. The van der Waals surface area contributed by atoms with Gasteiger partial charge in [-0.15, -0.1) is 0 Å². The highest BCUT2D eigenvalue weighted by atomic mass is 15.1. The largest absolute Gasteiger partial charge is 0.326 e. The van der Waals surface area contributed by atoms with Crippen LogP contribution >= 0.6 is 0 Å². The molecule has 0 aliphatic carbocycles. The fourth-order valence-corrected chi connectivity index (χ4v) is 0.904. The van der Waals surface area contributed by atoms with Gasteiger partial charge >= 0.3 is 0 Å². The molecule has 62 valence electrons. The molecule has 0 saturated carbocycles. The van der Waals surface area contributed by atoms with Gasteiger partial charge in [0.05, 0.1) is 0 Å². The molecule has 0 fully saturated rings. The van der Waals surface area contributed by atoms with Crippen molar-refractivity contribution in [2.75, 3.05) is 20.6 Å². The molecule has 0 spiro atoms. The summed E-state index contributed by atoms with van der Waals surface area (Å²) in [5, 5.41) is 0. The van der Waals surface area contributed by atoms with Crippen LogP contribution in [0.4, 0.5) is 0 Å². The van der Waals surface area contributed by atoms with Crippen molar-refractivity contribution in [2.45, 2.75) is 26.3 Å². The molecule has 2 nitrogen and oxygen atoms in total. The third kappa shape index (κ3) is 3.85. The minimum atomic E-state index is 0.333. The summed E-state index contributed by atoms with van der Waals surface area (Å²) in [5.41, 5.74) is 5.89. The van der Waals surface area contributed by atoms with Crippen molar-refractivity contribution in [1.82, 2.24) is 4.90 Å². The summed E-state index contributed by atoms with van der Waals surface area (Å²) < 4.78 is 0. The molecule has 0 bridgehead atoms. The van der Waals surface area contributed by atoms with Gasteiger partial charge in [0.1, 0.15) is 0 Å². The van der Waals surface area contributed by atoms with E-state index in [1.165, 1.54) is 6.42 Å². The first-order valence-corrected chi connectivity index (χ1v) is 3.98. The Morgan fingerprint density at radius 3 is 2.20 bits per heavy atom. The van der Waals surface area contributed by atoms with Gasteiger partial charge in [0, 0.05) is 12.6 Å². The summed E-state index contributed by atoms with van der Waals surface area (Å²) in [7, 11) is 4.12. The molecule has 10 heavy (non-hydrogen) atoms. The second kappa shape index (κ2) is 4.69. The van der Waals surface area contributed by atoms with Crippen molar-refractivity contribution in [2.24, 2.45) is 11.7 Å². The first-order valence-electron chi connectivity index (χ1n) is 3.98. The normalized spacial score (nSPS) is 17.4. The number of likely N-dealkylation sites (N-methyl/N-ethyl adjacent to an activating group) is 1. The van der Waals surface area contributed by atoms with Crippen LogP contribution in [0.2, 0.25) is 0 Å². The molecule has 0 unspecified atom stereocenters. The van der Waals surface area contributed by atoms with Gasteiger partial charge < -0.3 is 10.6 Å². The smallest absolute Gasteiger partial charge is 0.0193 e. The first kappa shape index (κ1) is 9.92. The summed E-state index contributed by atoms with van der Waals surface area (Å²) in [6.45, 7) is 5.38. The fraction of sp³-hybridized carbons (Fsp3) is 1.00. The fourth-order valence-electron chi connectivity index (χ4n) is 0.904. The summed E-state index contributed by atoms with van der Waals surface area (Å²) in [6.07, 6.45) is 1.18. The molecule has 0 rings (SSSR count). The lowest BCUT2D eigenvalue weighted by molar-refractivity contribution is 0.315. The molecule has 0 saturated heterocycles. The molecule has 0 heterocycles.